The standard InChI is InChI=1S/C12H23NO2/c1-9-4-3-5-10(2)12(9)13-8-11-14-6-7-15-11/h9-13H,3-8H2,1-2H3. The fraction of sp³-hybridized carbons (Fsp3) is 1.00. The number of hydrogen-bond donors (Lipinski definition) is 1. The molecule has 2 aliphatic rings. The first-order valence-electron chi connectivity index (χ1n) is 6.24. The van der Waals surface area contributed by atoms with Crippen LogP contribution >= 0.6 is 0 Å². The molecule has 0 aromatic rings. The highest BCUT2D eigenvalue weighted by Crippen LogP contribution is 2.28. The van der Waals surface area contributed by atoms with Crippen LogP contribution < -0.4 is 5.32 Å². The van der Waals surface area contributed by atoms with Gasteiger partial charge in [0.1, 0.15) is 0 Å². The predicted molar refractivity (Wildman–Crippen MR) is 59.7 cm³/mol. The van der Waals surface area contributed by atoms with Crippen molar-refractivity contribution in [2.75, 3.05) is 19.8 Å². The Kier molecular flexibility index (Phi) is 4.00. The number of rotatable bonds is 3. The van der Waals surface area contributed by atoms with E-state index in [4.69, 9.17) is 9.47 Å². The summed E-state index contributed by atoms with van der Waals surface area (Å²) in [6, 6.07) is 0.645. The van der Waals surface area contributed by atoms with E-state index in [0.29, 0.717) is 6.04 Å². The summed E-state index contributed by atoms with van der Waals surface area (Å²) in [6.07, 6.45) is 4.09. The van der Waals surface area contributed by atoms with Crippen LogP contribution in [-0.4, -0.2) is 32.1 Å². The van der Waals surface area contributed by atoms with Crippen molar-refractivity contribution < 1.29 is 9.47 Å². The molecule has 88 valence electrons. The van der Waals surface area contributed by atoms with Crippen LogP contribution in [-0.2, 0) is 9.47 Å². The summed E-state index contributed by atoms with van der Waals surface area (Å²) >= 11 is 0. The van der Waals surface area contributed by atoms with Gasteiger partial charge in [-0.2, -0.15) is 0 Å². The van der Waals surface area contributed by atoms with Crippen LogP contribution in [0.25, 0.3) is 0 Å². The SMILES string of the molecule is CC1CCCC(C)C1NCC1OCCO1. The third-order valence-electron chi connectivity index (χ3n) is 3.76. The predicted octanol–water partition coefficient (Wildman–Crippen LogP) is 1.77. The minimum Gasteiger partial charge on any atom is -0.349 e. The van der Waals surface area contributed by atoms with Gasteiger partial charge in [-0.25, -0.2) is 0 Å². The monoisotopic (exact) mass is 213 g/mol. The highest BCUT2D eigenvalue weighted by atomic mass is 16.7. The molecule has 2 unspecified atom stereocenters. The van der Waals surface area contributed by atoms with Crippen LogP contribution in [0.2, 0.25) is 0 Å². The maximum Gasteiger partial charge on any atom is 0.170 e. The van der Waals surface area contributed by atoms with Gasteiger partial charge in [0.15, 0.2) is 6.29 Å². The van der Waals surface area contributed by atoms with Gasteiger partial charge in [0.05, 0.1) is 13.2 Å². The Balaban J connectivity index is 1.75. The first kappa shape index (κ1) is 11.4. The molecule has 2 atom stereocenters. The van der Waals surface area contributed by atoms with Gasteiger partial charge in [-0.1, -0.05) is 20.3 Å². The van der Waals surface area contributed by atoms with E-state index in [2.05, 4.69) is 19.2 Å². The Morgan fingerprint density at radius 3 is 2.27 bits per heavy atom. The fourth-order valence-electron chi connectivity index (χ4n) is 2.84. The van der Waals surface area contributed by atoms with E-state index in [1.807, 2.05) is 0 Å². The lowest BCUT2D eigenvalue weighted by Crippen LogP contribution is -2.45. The summed E-state index contributed by atoms with van der Waals surface area (Å²) < 4.78 is 10.9. The van der Waals surface area contributed by atoms with Gasteiger partial charge in [0.2, 0.25) is 0 Å². The molecule has 1 heterocycles. The molecule has 1 aliphatic heterocycles. The topological polar surface area (TPSA) is 30.5 Å². The molecule has 0 aromatic carbocycles. The maximum absolute atomic E-state index is 5.43. The third-order valence-corrected chi connectivity index (χ3v) is 3.76. The Hall–Kier alpha value is -0.120. The second-order valence-electron chi connectivity index (χ2n) is 4.99. The summed E-state index contributed by atoms with van der Waals surface area (Å²) in [5.74, 6) is 1.57. The molecule has 1 aliphatic carbocycles. The molecule has 2 fully saturated rings. The maximum atomic E-state index is 5.43. The second kappa shape index (κ2) is 5.28. The minimum atomic E-state index is -0.00803. The van der Waals surface area contributed by atoms with Gasteiger partial charge < -0.3 is 14.8 Å². The summed E-state index contributed by atoms with van der Waals surface area (Å²) in [6.45, 7) is 7.05. The second-order valence-corrected chi connectivity index (χ2v) is 4.99. The molecule has 0 bridgehead atoms. The zero-order valence-corrected chi connectivity index (χ0v) is 9.87. The molecular formula is C12H23NO2. The molecule has 3 nitrogen and oxygen atoms in total. The molecule has 1 saturated carbocycles. The smallest absolute Gasteiger partial charge is 0.170 e. The van der Waals surface area contributed by atoms with Crippen molar-refractivity contribution in [3.63, 3.8) is 0 Å². The first-order chi connectivity index (χ1) is 7.27. The number of ether oxygens (including phenoxy) is 2. The highest BCUT2D eigenvalue weighted by Gasteiger charge is 2.28. The average molecular weight is 213 g/mol. The number of hydrogen-bond acceptors (Lipinski definition) is 3. The minimum absolute atomic E-state index is 0.00803. The molecule has 0 radical (unpaired) electrons. The Morgan fingerprint density at radius 1 is 1.07 bits per heavy atom. The van der Waals surface area contributed by atoms with Gasteiger partial charge in [-0.15, -0.1) is 0 Å². The molecule has 0 amide bonds. The van der Waals surface area contributed by atoms with E-state index in [-0.39, 0.29) is 6.29 Å². The quantitative estimate of drug-likeness (QED) is 0.775. The lowest BCUT2D eigenvalue weighted by Gasteiger charge is -2.35. The van der Waals surface area contributed by atoms with Crippen molar-refractivity contribution in [2.45, 2.75) is 45.4 Å². The molecule has 3 heteroatoms. The molecule has 2 rings (SSSR count). The summed E-state index contributed by atoms with van der Waals surface area (Å²) in [5.41, 5.74) is 0. The van der Waals surface area contributed by atoms with Gasteiger partial charge in [-0.05, 0) is 24.7 Å². The summed E-state index contributed by atoms with van der Waals surface area (Å²) in [5, 5.41) is 3.61. The van der Waals surface area contributed by atoms with Crippen molar-refractivity contribution >= 4 is 0 Å². The molecule has 1 N–H and O–H groups in total. The van der Waals surface area contributed by atoms with Crippen LogP contribution in [0.3, 0.4) is 0 Å². The molecule has 15 heavy (non-hydrogen) atoms. The van der Waals surface area contributed by atoms with Crippen molar-refractivity contribution in [1.29, 1.82) is 0 Å². The Morgan fingerprint density at radius 2 is 1.67 bits per heavy atom. The van der Waals surface area contributed by atoms with Gasteiger partial charge in [0.25, 0.3) is 0 Å². The number of nitrogens with one attached hydrogen (secondary N) is 1. The van der Waals surface area contributed by atoms with Crippen LogP contribution in [0.5, 0.6) is 0 Å². The van der Waals surface area contributed by atoms with Crippen LogP contribution in [0.1, 0.15) is 33.1 Å². The zero-order valence-electron chi connectivity index (χ0n) is 9.87. The van der Waals surface area contributed by atoms with Crippen LogP contribution in [0.4, 0.5) is 0 Å². The van der Waals surface area contributed by atoms with Gasteiger partial charge in [0, 0.05) is 12.6 Å². The fourth-order valence-corrected chi connectivity index (χ4v) is 2.84. The van der Waals surface area contributed by atoms with E-state index in [0.717, 1.165) is 31.6 Å². The van der Waals surface area contributed by atoms with Gasteiger partial charge >= 0.3 is 0 Å². The first-order valence-corrected chi connectivity index (χ1v) is 6.24. The van der Waals surface area contributed by atoms with E-state index in [1.54, 1.807) is 0 Å². The summed E-state index contributed by atoms with van der Waals surface area (Å²) in [7, 11) is 0. The largest absolute Gasteiger partial charge is 0.349 e. The summed E-state index contributed by atoms with van der Waals surface area (Å²) in [4.78, 5) is 0. The van der Waals surface area contributed by atoms with Crippen LogP contribution in [0.15, 0.2) is 0 Å². The van der Waals surface area contributed by atoms with Crippen molar-refractivity contribution in [3.05, 3.63) is 0 Å². The lowest BCUT2D eigenvalue weighted by atomic mass is 9.79. The Bertz CT molecular complexity index is 182. The van der Waals surface area contributed by atoms with Crippen molar-refractivity contribution in [2.24, 2.45) is 11.8 Å². The zero-order chi connectivity index (χ0) is 10.7. The molecule has 1 saturated heterocycles. The highest BCUT2D eigenvalue weighted by molar-refractivity contribution is 4.83. The van der Waals surface area contributed by atoms with Crippen LogP contribution in [0, 0.1) is 11.8 Å². The molecule has 0 spiro atoms. The van der Waals surface area contributed by atoms with Crippen molar-refractivity contribution in [3.8, 4) is 0 Å². The third kappa shape index (κ3) is 2.92. The van der Waals surface area contributed by atoms with E-state index in [1.165, 1.54) is 19.3 Å². The van der Waals surface area contributed by atoms with E-state index >= 15 is 0 Å². The lowest BCUT2D eigenvalue weighted by molar-refractivity contribution is -0.0435. The average Bonchev–Trinajstić information content (AvgIpc) is 2.70. The van der Waals surface area contributed by atoms with E-state index in [9.17, 15) is 0 Å². The normalized spacial score (nSPS) is 38.4. The molecular weight excluding hydrogens is 190 g/mol. The van der Waals surface area contributed by atoms with Crippen molar-refractivity contribution in [1.82, 2.24) is 5.32 Å². The Labute approximate surface area is 92.5 Å². The molecule has 0 aromatic heterocycles. The van der Waals surface area contributed by atoms with E-state index < -0.39 is 0 Å². The van der Waals surface area contributed by atoms with Gasteiger partial charge in [-0.3, -0.25) is 0 Å².